The van der Waals surface area contributed by atoms with Gasteiger partial charge in [-0.25, -0.2) is 4.90 Å². The van der Waals surface area contributed by atoms with Crippen molar-refractivity contribution in [2.45, 2.75) is 19.8 Å². The van der Waals surface area contributed by atoms with E-state index in [-0.39, 0.29) is 17.7 Å². The van der Waals surface area contributed by atoms with E-state index in [0.29, 0.717) is 24.0 Å². The van der Waals surface area contributed by atoms with E-state index in [1.54, 1.807) is 12.3 Å². The Bertz CT molecular complexity index is 821. The Labute approximate surface area is 128 Å². The molecule has 4 rings (SSSR count). The highest BCUT2D eigenvalue weighted by atomic mass is 16.2. The van der Waals surface area contributed by atoms with Gasteiger partial charge in [0.1, 0.15) is 0 Å². The van der Waals surface area contributed by atoms with Crippen molar-refractivity contribution in [1.82, 2.24) is 4.98 Å². The van der Waals surface area contributed by atoms with E-state index in [4.69, 9.17) is 0 Å². The lowest BCUT2D eigenvalue weighted by Gasteiger charge is -2.27. The largest absolute Gasteiger partial charge is 0.274 e. The number of hydrogen-bond donors (Lipinski definition) is 0. The zero-order chi connectivity index (χ0) is 15.3. The first-order valence-corrected chi connectivity index (χ1v) is 7.50. The summed E-state index contributed by atoms with van der Waals surface area (Å²) in [6.45, 7) is 1.90. The molecule has 4 nitrogen and oxygen atoms in total. The van der Waals surface area contributed by atoms with Gasteiger partial charge in [-0.2, -0.15) is 0 Å². The minimum Gasteiger partial charge on any atom is -0.274 e. The van der Waals surface area contributed by atoms with E-state index < -0.39 is 5.41 Å². The number of aromatic nitrogens is 1. The summed E-state index contributed by atoms with van der Waals surface area (Å²) in [6.07, 6.45) is 6.95. The molecule has 4 heteroatoms. The summed E-state index contributed by atoms with van der Waals surface area (Å²) in [5.41, 5.74) is 0.675. The predicted octanol–water partition coefficient (Wildman–Crippen LogP) is 3.08. The number of anilines is 1. The number of amides is 2. The molecule has 1 saturated heterocycles. The second kappa shape index (κ2) is 4.50. The second-order valence-electron chi connectivity index (χ2n) is 6.21. The SMILES string of the molecule is CC12CC=CCC1C(=O)N(c1cccc3cccnc13)C2=O. The number of rotatable bonds is 1. The molecule has 2 atom stereocenters. The van der Waals surface area contributed by atoms with Crippen LogP contribution in [0.1, 0.15) is 19.8 Å². The van der Waals surface area contributed by atoms with Crippen LogP contribution in [0.15, 0.2) is 48.7 Å². The Hall–Kier alpha value is -2.49. The van der Waals surface area contributed by atoms with Gasteiger partial charge >= 0.3 is 0 Å². The number of para-hydroxylation sites is 1. The lowest BCUT2D eigenvalue weighted by molar-refractivity contribution is -0.126. The van der Waals surface area contributed by atoms with Gasteiger partial charge in [-0.1, -0.05) is 30.4 Å². The van der Waals surface area contributed by atoms with Crippen LogP contribution in [0.2, 0.25) is 0 Å². The highest BCUT2D eigenvalue weighted by Gasteiger charge is 2.56. The fourth-order valence-corrected chi connectivity index (χ4v) is 3.58. The summed E-state index contributed by atoms with van der Waals surface area (Å²) in [4.78, 5) is 31.5. The maximum atomic E-state index is 13.0. The molecule has 1 aliphatic heterocycles. The molecular weight excluding hydrogens is 276 g/mol. The van der Waals surface area contributed by atoms with Crippen LogP contribution in [0.4, 0.5) is 5.69 Å². The third-order valence-electron chi connectivity index (χ3n) is 4.91. The van der Waals surface area contributed by atoms with Crippen LogP contribution >= 0.6 is 0 Å². The molecule has 110 valence electrons. The quantitative estimate of drug-likeness (QED) is 0.599. The molecule has 0 spiro atoms. The van der Waals surface area contributed by atoms with Crippen molar-refractivity contribution in [2.24, 2.45) is 11.3 Å². The number of benzene rings is 1. The second-order valence-corrected chi connectivity index (χ2v) is 6.21. The van der Waals surface area contributed by atoms with E-state index in [0.717, 1.165) is 5.39 Å². The van der Waals surface area contributed by atoms with Gasteiger partial charge in [-0.3, -0.25) is 14.6 Å². The number of hydrogen-bond acceptors (Lipinski definition) is 3. The van der Waals surface area contributed by atoms with Crippen molar-refractivity contribution in [3.8, 4) is 0 Å². The van der Waals surface area contributed by atoms with Crippen LogP contribution in [-0.2, 0) is 9.59 Å². The Morgan fingerprint density at radius 1 is 1.18 bits per heavy atom. The van der Waals surface area contributed by atoms with Gasteiger partial charge in [-0.05, 0) is 31.9 Å². The molecule has 0 N–H and O–H groups in total. The summed E-state index contributed by atoms with van der Waals surface area (Å²) >= 11 is 0. The molecule has 1 aromatic carbocycles. The molecule has 1 fully saturated rings. The summed E-state index contributed by atoms with van der Waals surface area (Å²) in [7, 11) is 0. The maximum Gasteiger partial charge on any atom is 0.240 e. The summed E-state index contributed by atoms with van der Waals surface area (Å²) < 4.78 is 0. The summed E-state index contributed by atoms with van der Waals surface area (Å²) in [5, 5.41) is 0.929. The molecule has 1 aromatic heterocycles. The molecule has 2 amide bonds. The van der Waals surface area contributed by atoms with Gasteiger partial charge in [0, 0.05) is 11.6 Å². The highest BCUT2D eigenvalue weighted by molar-refractivity contribution is 6.26. The van der Waals surface area contributed by atoms with Crippen LogP contribution < -0.4 is 4.90 Å². The standard InChI is InChI=1S/C18H16N2O2/c1-18-10-3-2-8-13(18)16(21)20(17(18)22)14-9-4-6-12-7-5-11-19-15(12)14/h2-7,9,11,13H,8,10H2,1H3. The molecule has 0 saturated carbocycles. The molecule has 2 heterocycles. The molecular formula is C18H16N2O2. The van der Waals surface area contributed by atoms with Gasteiger partial charge in [0.15, 0.2) is 0 Å². The fourth-order valence-electron chi connectivity index (χ4n) is 3.58. The summed E-state index contributed by atoms with van der Waals surface area (Å²) in [6, 6.07) is 9.40. The van der Waals surface area contributed by atoms with Gasteiger partial charge in [0.2, 0.25) is 11.8 Å². The van der Waals surface area contributed by atoms with Crippen LogP contribution in [-0.4, -0.2) is 16.8 Å². The van der Waals surface area contributed by atoms with Crippen LogP contribution in [0.5, 0.6) is 0 Å². The van der Waals surface area contributed by atoms with E-state index in [9.17, 15) is 9.59 Å². The minimum atomic E-state index is -0.622. The van der Waals surface area contributed by atoms with E-state index in [1.165, 1.54) is 4.90 Å². The zero-order valence-electron chi connectivity index (χ0n) is 12.3. The molecule has 22 heavy (non-hydrogen) atoms. The maximum absolute atomic E-state index is 13.0. The van der Waals surface area contributed by atoms with E-state index >= 15 is 0 Å². The van der Waals surface area contributed by atoms with Crippen molar-refractivity contribution < 1.29 is 9.59 Å². The first kappa shape index (κ1) is 13.2. The number of carbonyl (C=O) groups is 2. The van der Waals surface area contributed by atoms with Gasteiger partial charge in [0.25, 0.3) is 0 Å². The Morgan fingerprint density at radius 2 is 2.00 bits per heavy atom. The van der Waals surface area contributed by atoms with Crippen LogP contribution in [0.25, 0.3) is 10.9 Å². The third kappa shape index (κ3) is 1.61. The number of allylic oxidation sites excluding steroid dienone is 2. The number of nitrogens with zero attached hydrogens (tertiary/aromatic N) is 2. The predicted molar refractivity (Wildman–Crippen MR) is 84.2 cm³/mol. The van der Waals surface area contributed by atoms with Crippen molar-refractivity contribution in [3.05, 3.63) is 48.7 Å². The Kier molecular flexibility index (Phi) is 2.70. The number of pyridine rings is 1. The summed E-state index contributed by atoms with van der Waals surface area (Å²) in [5.74, 6) is -0.469. The van der Waals surface area contributed by atoms with Crippen LogP contribution in [0, 0.1) is 11.3 Å². The fraction of sp³-hybridized carbons (Fsp3) is 0.278. The van der Waals surface area contributed by atoms with Crippen molar-refractivity contribution in [1.29, 1.82) is 0 Å². The first-order valence-electron chi connectivity index (χ1n) is 7.50. The molecule has 0 radical (unpaired) electrons. The smallest absolute Gasteiger partial charge is 0.240 e. The van der Waals surface area contributed by atoms with Crippen molar-refractivity contribution >= 4 is 28.4 Å². The minimum absolute atomic E-state index is 0.102. The average molecular weight is 292 g/mol. The van der Waals surface area contributed by atoms with Gasteiger partial charge < -0.3 is 0 Å². The van der Waals surface area contributed by atoms with Gasteiger partial charge in [0.05, 0.1) is 22.5 Å². The number of imide groups is 1. The van der Waals surface area contributed by atoms with E-state index in [2.05, 4.69) is 4.98 Å². The Morgan fingerprint density at radius 3 is 2.82 bits per heavy atom. The van der Waals surface area contributed by atoms with Crippen LogP contribution in [0.3, 0.4) is 0 Å². The average Bonchev–Trinajstić information content (AvgIpc) is 2.74. The topological polar surface area (TPSA) is 50.3 Å². The molecule has 2 aliphatic rings. The molecule has 2 aromatic rings. The highest BCUT2D eigenvalue weighted by Crippen LogP contribution is 2.47. The van der Waals surface area contributed by atoms with E-state index in [1.807, 2.05) is 43.3 Å². The zero-order valence-corrected chi connectivity index (χ0v) is 12.3. The van der Waals surface area contributed by atoms with Crippen molar-refractivity contribution in [2.75, 3.05) is 4.90 Å². The Balaban J connectivity index is 1.89. The lowest BCUT2D eigenvalue weighted by atomic mass is 9.72. The molecule has 1 aliphatic carbocycles. The number of fused-ring (bicyclic) bond motifs is 2. The molecule has 2 unspecified atom stereocenters. The molecule has 0 bridgehead atoms. The first-order chi connectivity index (χ1) is 10.6. The van der Waals surface area contributed by atoms with Gasteiger partial charge in [-0.15, -0.1) is 0 Å². The number of carbonyl (C=O) groups excluding carboxylic acids is 2. The van der Waals surface area contributed by atoms with Crippen molar-refractivity contribution in [3.63, 3.8) is 0 Å². The monoisotopic (exact) mass is 292 g/mol. The third-order valence-corrected chi connectivity index (χ3v) is 4.91. The lowest BCUT2D eigenvalue weighted by Crippen LogP contribution is -2.35. The normalized spacial score (nSPS) is 27.5.